The third kappa shape index (κ3) is 2.40. The van der Waals surface area contributed by atoms with Crippen LogP contribution in [0.4, 0.5) is 0 Å². The van der Waals surface area contributed by atoms with Gasteiger partial charge in [0.2, 0.25) is 0 Å². The summed E-state index contributed by atoms with van der Waals surface area (Å²) in [5.41, 5.74) is 7.23. The molecule has 0 aliphatic heterocycles. The van der Waals surface area contributed by atoms with E-state index in [9.17, 15) is 0 Å². The number of hydrogen-bond acceptors (Lipinski definition) is 0. The molecule has 66 valence electrons. The molecule has 0 bridgehead atoms. The van der Waals surface area contributed by atoms with Gasteiger partial charge >= 0.3 is 0 Å². The molecule has 0 atom stereocenters. The first-order valence-corrected chi connectivity index (χ1v) is 3.81. The molecule has 0 amide bonds. The van der Waals surface area contributed by atoms with Gasteiger partial charge in [0, 0.05) is 5.88 Å². The molecule has 0 saturated heterocycles. The van der Waals surface area contributed by atoms with E-state index in [1.165, 1.54) is 0 Å². The quantitative estimate of drug-likeness (QED) is 0.300. The van der Waals surface area contributed by atoms with E-state index in [-0.39, 0.29) is 12.4 Å². The van der Waals surface area contributed by atoms with Crippen molar-refractivity contribution in [3.8, 4) is 0 Å². The Kier molecular flexibility index (Phi) is 4.71. The Morgan fingerprint density at radius 2 is 2.00 bits per heavy atom. The molecule has 0 aromatic heterocycles. The summed E-state index contributed by atoms with van der Waals surface area (Å²) in [7, 11) is 0. The minimum Gasteiger partial charge on any atom is -1.00 e. The maximum absolute atomic E-state index is 5.65. The van der Waals surface area contributed by atoms with Crippen LogP contribution in [0.3, 0.4) is 0 Å². The molecule has 0 heterocycles. The largest absolute Gasteiger partial charge is 1.00 e. The molecule has 2 nitrogen and oxygen atoms in total. The van der Waals surface area contributed by atoms with E-state index in [0.29, 0.717) is 11.7 Å². The van der Waals surface area contributed by atoms with E-state index < -0.39 is 0 Å². The Balaban J connectivity index is 0.00000121. The molecule has 4 heteroatoms. The fourth-order valence-electron chi connectivity index (χ4n) is 0.918. The second-order valence-electron chi connectivity index (χ2n) is 2.25. The molecule has 1 aromatic carbocycles. The normalized spacial score (nSPS) is 8.75. The van der Waals surface area contributed by atoms with Crippen LogP contribution < -0.4 is 23.5 Å². The predicted octanol–water partition coefficient (Wildman–Crippen LogP) is -3.11. The molecule has 4 N–H and O–H groups in total. The molecular formula is C8H10Cl2N2. The van der Waals surface area contributed by atoms with E-state index >= 15 is 0 Å². The van der Waals surface area contributed by atoms with Crippen molar-refractivity contribution in [1.82, 2.24) is 0 Å². The van der Waals surface area contributed by atoms with Gasteiger partial charge in [0.15, 0.2) is 0 Å². The van der Waals surface area contributed by atoms with E-state index in [1.807, 2.05) is 24.3 Å². The Bertz CT molecular complexity index is 274. The monoisotopic (exact) mass is 204 g/mol. The van der Waals surface area contributed by atoms with Crippen molar-refractivity contribution in [3.05, 3.63) is 35.4 Å². The molecule has 0 saturated carbocycles. The van der Waals surface area contributed by atoms with Gasteiger partial charge in [-0.15, -0.1) is 11.6 Å². The minimum absolute atomic E-state index is 0. The lowest BCUT2D eigenvalue weighted by atomic mass is 10.1. The van der Waals surface area contributed by atoms with Crippen molar-refractivity contribution in [3.63, 3.8) is 0 Å². The number of hydrogen-bond donors (Lipinski definition) is 2. The average Bonchev–Trinajstić information content (AvgIpc) is 2.04. The lowest BCUT2D eigenvalue weighted by molar-refractivity contribution is -0.114. The van der Waals surface area contributed by atoms with Crippen LogP contribution in [0.25, 0.3) is 0 Å². The van der Waals surface area contributed by atoms with E-state index in [1.54, 1.807) is 0 Å². The van der Waals surface area contributed by atoms with Crippen molar-refractivity contribution in [2.24, 2.45) is 5.73 Å². The van der Waals surface area contributed by atoms with Gasteiger partial charge in [-0.05, 0) is 11.6 Å². The van der Waals surface area contributed by atoms with Crippen LogP contribution in [-0.2, 0) is 5.88 Å². The number of alkyl halides is 1. The summed E-state index contributed by atoms with van der Waals surface area (Å²) >= 11 is 5.65. The highest BCUT2D eigenvalue weighted by Crippen LogP contribution is 2.08. The first-order chi connectivity index (χ1) is 5.25. The highest BCUT2D eigenvalue weighted by Gasteiger charge is 2.05. The van der Waals surface area contributed by atoms with Crippen LogP contribution in [0.15, 0.2) is 24.3 Å². The Labute approximate surface area is 82.6 Å². The third-order valence-corrected chi connectivity index (χ3v) is 1.76. The van der Waals surface area contributed by atoms with Crippen LogP contribution in [-0.4, -0.2) is 5.84 Å². The van der Waals surface area contributed by atoms with Gasteiger partial charge in [-0.1, -0.05) is 18.2 Å². The zero-order chi connectivity index (χ0) is 8.27. The van der Waals surface area contributed by atoms with E-state index in [0.717, 1.165) is 11.1 Å². The first-order valence-electron chi connectivity index (χ1n) is 3.28. The summed E-state index contributed by atoms with van der Waals surface area (Å²) in [6.07, 6.45) is 0. The molecule has 1 aromatic rings. The SMILES string of the molecule is NC(=[NH2+])c1ccccc1CCl.[Cl-]. The molecule has 0 aliphatic carbocycles. The van der Waals surface area contributed by atoms with Crippen LogP contribution >= 0.6 is 11.6 Å². The number of benzene rings is 1. The van der Waals surface area contributed by atoms with Gasteiger partial charge in [-0.2, -0.15) is 0 Å². The molecular weight excluding hydrogens is 195 g/mol. The molecule has 1 rings (SSSR count). The Morgan fingerprint density at radius 1 is 1.42 bits per heavy atom. The number of nitrogens with two attached hydrogens (primary N) is 2. The zero-order valence-corrected chi connectivity index (χ0v) is 7.94. The maximum atomic E-state index is 5.65. The summed E-state index contributed by atoms with van der Waals surface area (Å²) in [5.74, 6) is 0.759. The highest BCUT2D eigenvalue weighted by molar-refractivity contribution is 6.17. The lowest BCUT2D eigenvalue weighted by Crippen LogP contribution is -3.00. The standard InChI is InChI=1S/C8H9ClN2.ClH/c9-5-6-3-1-2-4-7(6)8(10)11;/h1-4H,5H2,(H3,10,11);1H. The van der Waals surface area contributed by atoms with Crippen LogP contribution in [0.5, 0.6) is 0 Å². The van der Waals surface area contributed by atoms with Gasteiger partial charge in [-0.25, -0.2) is 0 Å². The first kappa shape index (κ1) is 11.3. The van der Waals surface area contributed by atoms with Crippen molar-refractivity contribution < 1.29 is 17.8 Å². The third-order valence-electron chi connectivity index (χ3n) is 1.47. The van der Waals surface area contributed by atoms with Gasteiger partial charge in [-0.3, -0.25) is 11.1 Å². The predicted molar refractivity (Wildman–Crippen MR) is 46.2 cm³/mol. The summed E-state index contributed by atoms with van der Waals surface area (Å²) in [4.78, 5) is 0. The smallest absolute Gasteiger partial charge is 0.271 e. The molecule has 0 spiro atoms. The topological polar surface area (TPSA) is 51.6 Å². The van der Waals surface area contributed by atoms with Crippen molar-refractivity contribution in [2.45, 2.75) is 5.88 Å². The summed E-state index contributed by atoms with van der Waals surface area (Å²) in [6.45, 7) is 0. The Morgan fingerprint density at radius 3 is 2.42 bits per heavy atom. The minimum atomic E-state index is 0. The number of rotatable bonds is 2. The Hall–Kier alpha value is -0.730. The summed E-state index contributed by atoms with van der Waals surface area (Å²) < 4.78 is 0. The second-order valence-corrected chi connectivity index (χ2v) is 2.51. The fourth-order valence-corrected chi connectivity index (χ4v) is 1.15. The summed E-state index contributed by atoms with van der Waals surface area (Å²) in [6, 6.07) is 7.55. The molecule has 0 fully saturated rings. The highest BCUT2D eigenvalue weighted by atomic mass is 35.5. The fraction of sp³-hybridized carbons (Fsp3) is 0.125. The van der Waals surface area contributed by atoms with Gasteiger partial charge < -0.3 is 12.4 Å². The van der Waals surface area contributed by atoms with Crippen LogP contribution in [0.1, 0.15) is 11.1 Å². The average molecular weight is 205 g/mol. The molecule has 0 aliphatic rings. The van der Waals surface area contributed by atoms with Gasteiger partial charge in [0.05, 0.1) is 5.56 Å². The van der Waals surface area contributed by atoms with Crippen molar-refractivity contribution in [2.75, 3.05) is 0 Å². The molecule has 0 radical (unpaired) electrons. The number of amidine groups is 1. The van der Waals surface area contributed by atoms with E-state index in [4.69, 9.17) is 22.7 Å². The molecule has 0 unspecified atom stereocenters. The second kappa shape index (κ2) is 5.01. The van der Waals surface area contributed by atoms with Gasteiger partial charge in [0.25, 0.3) is 5.84 Å². The van der Waals surface area contributed by atoms with Crippen molar-refractivity contribution in [1.29, 1.82) is 0 Å². The van der Waals surface area contributed by atoms with Crippen LogP contribution in [0, 0.1) is 0 Å². The lowest BCUT2D eigenvalue weighted by Gasteiger charge is -1.99. The van der Waals surface area contributed by atoms with E-state index in [2.05, 4.69) is 0 Å². The van der Waals surface area contributed by atoms with Crippen LogP contribution in [0.2, 0.25) is 0 Å². The summed E-state index contributed by atoms with van der Waals surface area (Å²) in [5, 5.41) is 5.43. The molecule has 12 heavy (non-hydrogen) atoms. The number of halogens is 2. The van der Waals surface area contributed by atoms with Crippen molar-refractivity contribution >= 4 is 17.4 Å². The zero-order valence-electron chi connectivity index (χ0n) is 6.43. The maximum Gasteiger partial charge on any atom is 0.271 e. The van der Waals surface area contributed by atoms with Gasteiger partial charge in [0.1, 0.15) is 0 Å².